The Kier molecular flexibility index (Phi) is 8.03. The van der Waals surface area contributed by atoms with E-state index in [9.17, 15) is 4.57 Å². The van der Waals surface area contributed by atoms with Crippen molar-refractivity contribution in [2.24, 2.45) is 22.6 Å². The quantitative estimate of drug-likeness (QED) is 0.128. The summed E-state index contributed by atoms with van der Waals surface area (Å²) in [5.41, 5.74) is 12.0. The first-order chi connectivity index (χ1) is 22.8. The fourth-order valence-corrected chi connectivity index (χ4v) is 7.96. The first-order valence-corrected chi connectivity index (χ1v) is 17.9. The largest absolute Gasteiger partial charge is 0.494 e. The molecule has 2 saturated heterocycles. The third-order valence-electron chi connectivity index (χ3n) is 8.73. The van der Waals surface area contributed by atoms with Gasteiger partial charge < -0.3 is 40.3 Å². The van der Waals surface area contributed by atoms with Crippen molar-refractivity contribution in [3.8, 4) is 5.75 Å². The maximum Gasteiger partial charge on any atom is 0.231 e. The van der Waals surface area contributed by atoms with E-state index >= 15 is 0 Å². The molecule has 5 aromatic rings. The third-order valence-corrected chi connectivity index (χ3v) is 10.3. The predicted octanol–water partition coefficient (Wildman–Crippen LogP) is 4.73. The summed E-state index contributed by atoms with van der Waals surface area (Å²) in [4.78, 5) is 28.4. The third kappa shape index (κ3) is 5.77. The molecule has 7 rings (SSSR count). The van der Waals surface area contributed by atoms with Gasteiger partial charge in [-0.1, -0.05) is 0 Å². The van der Waals surface area contributed by atoms with Crippen LogP contribution in [0.15, 0.2) is 60.1 Å². The van der Waals surface area contributed by atoms with E-state index in [2.05, 4.69) is 35.5 Å². The second kappa shape index (κ2) is 12.3. The molecular formula is C33H37N10O3P. The molecule has 0 saturated carbocycles. The van der Waals surface area contributed by atoms with E-state index in [4.69, 9.17) is 25.2 Å². The van der Waals surface area contributed by atoms with E-state index in [1.54, 1.807) is 58.5 Å². The summed E-state index contributed by atoms with van der Waals surface area (Å²) in [5.74, 6) is 2.47. The van der Waals surface area contributed by atoms with Gasteiger partial charge in [-0.15, -0.1) is 0 Å². The van der Waals surface area contributed by atoms with E-state index in [-0.39, 0.29) is 0 Å². The molecular weight excluding hydrogens is 615 g/mol. The zero-order valence-corrected chi connectivity index (χ0v) is 27.6. The van der Waals surface area contributed by atoms with Gasteiger partial charge in [0.15, 0.2) is 0 Å². The van der Waals surface area contributed by atoms with Crippen LogP contribution in [-0.4, -0.2) is 84.9 Å². The maximum atomic E-state index is 13.6. The van der Waals surface area contributed by atoms with Gasteiger partial charge >= 0.3 is 0 Å². The van der Waals surface area contributed by atoms with Crippen molar-refractivity contribution < 1.29 is 14.0 Å². The normalized spacial score (nSPS) is 18.4. The van der Waals surface area contributed by atoms with Gasteiger partial charge in [0.05, 0.1) is 47.9 Å². The molecule has 2 aliphatic heterocycles. The molecule has 0 aliphatic carbocycles. The Hall–Kier alpha value is -5.00. The van der Waals surface area contributed by atoms with Crippen LogP contribution in [0.5, 0.6) is 5.75 Å². The van der Waals surface area contributed by atoms with Crippen molar-refractivity contribution in [3.63, 3.8) is 0 Å². The van der Waals surface area contributed by atoms with E-state index in [1.807, 2.05) is 30.3 Å². The highest BCUT2D eigenvalue weighted by Gasteiger charge is 2.38. The summed E-state index contributed by atoms with van der Waals surface area (Å²) < 4.78 is 25.2. The smallest absolute Gasteiger partial charge is 0.231 e. The first kappa shape index (κ1) is 30.6. The second-order valence-corrected chi connectivity index (χ2v) is 15.3. The molecule has 2 aliphatic rings. The number of rotatable bonds is 9. The molecule has 2 atom stereocenters. The molecule has 242 valence electrons. The minimum atomic E-state index is -2.79. The van der Waals surface area contributed by atoms with Crippen molar-refractivity contribution in [2.75, 3.05) is 69.3 Å². The summed E-state index contributed by atoms with van der Waals surface area (Å²) in [7, 11) is 0.575. The number of benzene rings is 2. The number of H-pyrrole nitrogens is 1. The Morgan fingerprint density at radius 1 is 1.11 bits per heavy atom. The summed E-state index contributed by atoms with van der Waals surface area (Å²) in [5, 5.41) is 8.20. The Balaban J connectivity index is 1.30. The molecule has 3 aromatic heterocycles. The molecule has 2 fully saturated rings. The number of aromatic amines is 1. The van der Waals surface area contributed by atoms with Gasteiger partial charge in [-0.05, 0) is 37.6 Å². The Bertz CT molecular complexity index is 2080. The zero-order chi connectivity index (χ0) is 32.7. The number of nitrogens with zero attached hydrogens (tertiary/aromatic N) is 6. The molecule has 14 heteroatoms. The lowest BCUT2D eigenvalue weighted by Gasteiger charge is -2.25. The van der Waals surface area contributed by atoms with Crippen LogP contribution in [0.25, 0.3) is 27.6 Å². The summed E-state index contributed by atoms with van der Waals surface area (Å²) in [6, 6.07) is 9.64. The van der Waals surface area contributed by atoms with Crippen LogP contribution < -0.4 is 31.3 Å². The number of aliphatic imine (C=N–C) groups is 1. The SMILES string of the molecule is CN=CC(=CN)c1cc(Nc2nc(Nc3ccc4nccnc4c3P(C)(C)=O)c3cc[nH]c3n2)c(OC)cc1N1C[C@H]2COC[C@H]2C1. The van der Waals surface area contributed by atoms with Crippen LogP contribution >= 0.6 is 7.14 Å². The number of aromatic nitrogens is 5. The van der Waals surface area contributed by atoms with Crippen LogP contribution in [0.1, 0.15) is 5.56 Å². The van der Waals surface area contributed by atoms with E-state index < -0.39 is 7.14 Å². The molecule has 2 aromatic carbocycles. The Morgan fingerprint density at radius 3 is 2.62 bits per heavy atom. The molecule has 0 unspecified atom stereocenters. The van der Waals surface area contributed by atoms with Crippen molar-refractivity contribution in [2.45, 2.75) is 0 Å². The molecule has 5 N–H and O–H groups in total. The predicted molar refractivity (Wildman–Crippen MR) is 189 cm³/mol. The van der Waals surface area contributed by atoms with Gasteiger partial charge in [0.1, 0.15) is 29.9 Å². The molecule has 0 spiro atoms. The number of methoxy groups -OCH3 is 1. The molecule has 5 heterocycles. The summed E-state index contributed by atoms with van der Waals surface area (Å²) >= 11 is 0. The number of hydrogen-bond donors (Lipinski definition) is 4. The lowest BCUT2D eigenvalue weighted by atomic mass is 10.0. The van der Waals surface area contributed by atoms with Crippen LogP contribution in [0.2, 0.25) is 0 Å². The highest BCUT2D eigenvalue weighted by atomic mass is 31.2. The monoisotopic (exact) mass is 652 g/mol. The van der Waals surface area contributed by atoms with Crippen LogP contribution in [0.3, 0.4) is 0 Å². The minimum absolute atomic E-state index is 0.327. The Labute approximate surface area is 272 Å². The highest BCUT2D eigenvalue weighted by Crippen LogP contribution is 2.43. The molecule has 13 nitrogen and oxygen atoms in total. The maximum absolute atomic E-state index is 13.6. The van der Waals surface area contributed by atoms with Gasteiger partial charge in [0.2, 0.25) is 5.95 Å². The summed E-state index contributed by atoms with van der Waals surface area (Å²) in [6.45, 7) is 6.79. The van der Waals surface area contributed by atoms with Crippen molar-refractivity contribution in [1.29, 1.82) is 0 Å². The van der Waals surface area contributed by atoms with Gasteiger partial charge in [-0.2, -0.15) is 9.97 Å². The molecule has 0 amide bonds. The zero-order valence-electron chi connectivity index (χ0n) is 26.7. The standard InChI is InChI=1S/C33H37N10O3P/c1-35-14-19(13-34)23-11-26(28(45-2)12-27(23)43-15-20-17-46-18-21(20)16-43)40-33-41-31-22(7-8-38-31)32(42-33)39-25-6-5-24-29(37-10-9-36-24)30(25)47(3,4)44/h5-14,20-21H,15-18,34H2,1-4H3,(H3,38,39,40,41,42)/t20-,21+. The number of fused-ring (bicyclic) bond motifs is 3. The first-order valence-electron chi connectivity index (χ1n) is 15.3. The molecule has 0 radical (unpaired) electrons. The van der Waals surface area contributed by atoms with Crippen LogP contribution in [0.4, 0.5) is 28.8 Å². The lowest BCUT2D eigenvalue weighted by Crippen LogP contribution is -2.23. The number of nitrogens with two attached hydrogens (primary N) is 1. The number of ether oxygens (including phenoxy) is 2. The minimum Gasteiger partial charge on any atom is -0.494 e. The topological polar surface area (TPSA) is 169 Å². The van der Waals surface area contributed by atoms with Gasteiger partial charge in [-0.3, -0.25) is 15.0 Å². The van der Waals surface area contributed by atoms with Crippen molar-refractivity contribution in [1.82, 2.24) is 24.9 Å². The number of nitrogens with one attached hydrogen (secondary N) is 3. The summed E-state index contributed by atoms with van der Waals surface area (Å²) in [6.07, 6.45) is 8.36. The van der Waals surface area contributed by atoms with Crippen molar-refractivity contribution >= 4 is 75.1 Å². The fraction of sp³-hybridized carbons (Fsp3) is 0.303. The van der Waals surface area contributed by atoms with Gasteiger partial charge in [0.25, 0.3) is 0 Å². The molecule has 47 heavy (non-hydrogen) atoms. The fourth-order valence-electron chi connectivity index (χ4n) is 6.56. The van der Waals surface area contributed by atoms with Crippen LogP contribution in [-0.2, 0) is 9.30 Å². The molecule has 0 bridgehead atoms. The lowest BCUT2D eigenvalue weighted by molar-refractivity contribution is 0.177. The number of anilines is 5. The van der Waals surface area contributed by atoms with E-state index in [0.29, 0.717) is 62.7 Å². The average molecular weight is 653 g/mol. The van der Waals surface area contributed by atoms with E-state index in [1.165, 1.54) is 0 Å². The Morgan fingerprint density at radius 2 is 1.89 bits per heavy atom. The van der Waals surface area contributed by atoms with E-state index in [0.717, 1.165) is 48.5 Å². The second-order valence-electron chi connectivity index (χ2n) is 12.2. The number of hydrogen-bond acceptors (Lipinski definition) is 12. The van der Waals surface area contributed by atoms with Gasteiger partial charge in [-0.25, -0.2) is 0 Å². The number of allylic oxidation sites excluding steroid dienone is 1. The van der Waals surface area contributed by atoms with Crippen LogP contribution in [0, 0.1) is 11.8 Å². The van der Waals surface area contributed by atoms with Gasteiger partial charge in [0, 0.05) is 85.9 Å². The highest BCUT2D eigenvalue weighted by molar-refractivity contribution is 7.71. The average Bonchev–Trinajstić information content (AvgIpc) is 3.80. The van der Waals surface area contributed by atoms with Crippen molar-refractivity contribution in [3.05, 3.63) is 60.7 Å².